The van der Waals surface area contributed by atoms with E-state index < -0.39 is 36.1 Å². The molecule has 0 saturated carbocycles. The SMILES string of the molecule is CCCCc1cc(C(C(=O)N2C[C@H](O)C[C@H]2C(=O)NCc2ccc(-c3scnc3C)cc2)C(C)C)on1.Cc1ncsc1-c1ccc(CNC(=O)[C@@H]2C[C@@H](O)CN2C(=O)C(c2cc(CCCOCCOCCO)no2)C(C)C)cc1.OCCOCCO. The second-order valence-corrected chi connectivity index (χ2v) is 24.0. The van der Waals surface area contributed by atoms with Gasteiger partial charge in [0.25, 0.3) is 0 Å². The molecule has 2 saturated heterocycles. The summed E-state index contributed by atoms with van der Waals surface area (Å²) >= 11 is 3.19. The normalized spacial score (nSPS) is 17.2. The number of aliphatic hydroxyl groups excluding tert-OH is 5. The molecule has 24 heteroatoms. The molecule has 2 fully saturated rings. The second kappa shape index (κ2) is 36.2. The average molecular weight is 1250 g/mol. The molecular weight excluding hydrogens is 1160 g/mol. The molecule has 2 unspecified atom stereocenters. The summed E-state index contributed by atoms with van der Waals surface area (Å²) in [4.78, 5) is 67.8. The average Bonchev–Trinajstić information content (AvgIpc) is 3.14. The number of carbonyl (C=O) groups is 4. The number of aromatic nitrogens is 4. The first kappa shape index (κ1) is 69.8. The van der Waals surface area contributed by atoms with Crippen LogP contribution < -0.4 is 10.6 Å². The van der Waals surface area contributed by atoms with Gasteiger partial charge in [-0.2, -0.15) is 0 Å². The highest BCUT2D eigenvalue weighted by Gasteiger charge is 2.45. The van der Waals surface area contributed by atoms with Crippen LogP contribution in [0.2, 0.25) is 0 Å². The smallest absolute Gasteiger partial charge is 0.243 e. The summed E-state index contributed by atoms with van der Waals surface area (Å²) in [7, 11) is 0. The Balaban J connectivity index is 0.000000252. The zero-order chi connectivity index (χ0) is 62.8. The Kier molecular flexibility index (Phi) is 29.1. The number of β-amino-alcohol motifs (C(OH)–C–C–N with tert-alkyl or cyclic N) is 2. The Morgan fingerprint density at radius 3 is 1.36 bits per heavy atom. The number of rotatable bonds is 30. The van der Waals surface area contributed by atoms with Gasteiger partial charge in [0.05, 0.1) is 109 Å². The first-order valence-corrected chi connectivity index (χ1v) is 31.7. The monoisotopic (exact) mass is 1240 g/mol. The van der Waals surface area contributed by atoms with Gasteiger partial charge in [0, 0.05) is 57.8 Å². The van der Waals surface area contributed by atoms with Gasteiger partial charge in [0.1, 0.15) is 35.4 Å². The summed E-state index contributed by atoms with van der Waals surface area (Å²) in [6.07, 6.45) is 3.06. The summed E-state index contributed by atoms with van der Waals surface area (Å²) in [6.45, 7) is 17.1. The fourth-order valence-corrected chi connectivity index (χ4v) is 11.9. The summed E-state index contributed by atoms with van der Waals surface area (Å²) in [6, 6.07) is 18.1. The van der Waals surface area contributed by atoms with Crippen LogP contribution in [0.4, 0.5) is 0 Å². The molecule has 87 heavy (non-hydrogen) atoms. The van der Waals surface area contributed by atoms with Gasteiger partial charge in [-0.3, -0.25) is 19.2 Å². The summed E-state index contributed by atoms with van der Waals surface area (Å²) in [5.74, 6) is -1.44. The maximum Gasteiger partial charge on any atom is 0.243 e. The lowest BCUT2D eigenvalue weighted by molar-refractivity contribution is -0.141. The lowest BCUT2D eigenvalue weighted by Gasteiger charge is -2.28. The van der Waals surface area contributed by atoms with Crippen molar-refractivity contribution in [2.24, 2.45) is 11.8 Å². The fraction of sp³-hybridized carbons (Fsp3) is 0.556. The third-order valence-electron chi connectivity index (χ3n) is 14.8. The van der Waals surface area contributed by atoms with Gasteiger partial charge in [-0.1, -0.05) is 99.9 Å². The summed E-state index contributed by atoms with van der Waals surface area (Å²) in [5.41, 5.74) is 11.3. The van der Waals surface area contributed by atoms with Gasteiger partial charge in [-0.05, 0) is 73.6 Å². The Bertz CT molecular complexity index is 3000. The van der Waals surface area contributed by atoms with Crippen LogP contribution >= 0.6 is 22.7 Å². The highest BCUT2D eigenvalue weighted by Crippen LogP contribution is 2.34. The number of amides is 4. The molecule has 6 atom stereocenters. The number of aliphatic hydroxyl groups is 5. The molecule has 0 radical (unpaired) electrons. The van der Waals surface area contributed by atoms with Crippen LogP contribution in [0.3, 0.4) is 0 Å². The molecule has 476 valence electrons. The molecule has 6 aromatic rings. The minimum atomic E-state index is -0.784. The number of hydrogen-bond acceptors (Lipinski definition) is 20. The molecule has 0 bridgehead atoms. The maximum atomic E-state index is 13.8. The first-order valence-electron chi connectivity index (χ1n) is 30.0. The maximum absolute atomic E-state index is 13.8. The Labute approximate surface area is 517 Å². The predicted octanol–water partition coefficient (Wildman–Crippen LogP) is 6.54. The number of carbonyl (C=O) groups excluding carboxylic acids is 4. The minimum absolute atomic E-state index is 0.00930. The lowest BCUT2D eigenvalue weighted by atomic mass is 9.91. The third kappa shape index (κ3) is 20.9. The highest BCUT2D eigenvalue weighted by atomic mass is 32.1. The van der Waals surface area contributed by atoms with E-state index in [1.807, 2.05) is 107 Å². The Morgan fingerprint density at radius 2 is 0.989 bits per heavy atom. The zero-order valence-electron chi connectivity index (χ0n) is 51.1. The van der Waals surface area contributed by atoms with Gasteiger partial charge >= 0.3 is 0 Å². The van der Waals surface area contributed by atoms with Crippen molar-refractivity contribution >= 4 is 46.3 Å². The van der Waals surface area contributed by atoms with E-state index in [4.69, 9.17) is 33.8 Å². The topological polar surface area (TPSA) is 306 Å². The van der Waals surface area contributed by atoms with Crippen LogP contribution in [0.25, 0.3) is 20.9 Å². The molecule has 2 aliphatic rings. The Morgan fingerprint density at radius 1 is 0.598 bits per heavy atom. The van der Waals surface area contributed by atoms with Crippen molar-refractivity contribution in [2.75, 3.05) is 72.6 Å². The number of thiazole rings is 2. The lowest BCUT2D eigenvalue weighted by Crippen LogP contribution is -2.48. The van der Waals surface area contributed by atoms with E-state index in [9.17, 15) is 29.4 Å². The molecule has 2 aliphatic heterocycles. The number of aryl methyl sites for hydroxylation is 4. The second-order valence-electron chi connectivity index (χ2n) is 22.3. The number of unbranched alkanes of at least 4 members (excludes halogenated alkanes) is 1. The summed E-state index contributed by atoms with van der Waals surface area (Å²) in [5, 5.41) is 59.9. The van der Waals surface area contributed by atoms with E-state index in [1.165, 1.54) is 9.80 Å². The van der Waals surface area contributed by atoms with Crippen LogP contribution in [-0.2, 0) is 59.3 Å². The number of likely N-dealkylation sites (tertiary alicyclic amines) is 2. The number of hydrogen-bond donors (Lipinski definition) is 7. The van der Waals surface area contributed by atoms with E-state index >= 15 is 0 Å². The van der Waals surface area contributed by atoms with Crippen molar-refractivity contribution in [1.82, 2.24) is 40.7 Å². The van der Waals surface area contributed by atoms with E-state index in [-0.39, 0.29) is 81.2 Å². The van der Waals surface area contributed by atoms with Gasteiger partial charge < -0.3 is 69.2 Å². The zero-order valence-corrected chi connectivity index (χ0v) is 52.7. The molecular formula is C63H88N8O14S2. The molecule has 7 N–H and O–H groups in total. The molecule has 0 spiro atoms. The molecule has 4 amide bonds. The standard InChI is InChI=1S/C31H42N4O7S.C28H36N4O4S.C4H10O3/c1-20(2)28(27-15-24(34-42-27)5-4-11-40-13-14-41-12-10-36)31(39)35-18-25(37)16-26(35)30(38)32-17-22-6-8-23(9-7-22)29-21(3)33-19-43-29;1-5-6-7-21-12-24(36-31-21)25(17(2)3)28(35)32-15-22(33)13-23(32)27(34)29-14-19-8-10-20(11-9-19)26-18(4)30-16-37-26;5-1-3-7-4-2-6/h6-9,15,19-20,25-26,28,36-37H,4-5,10-14,16-18H2,1-3H3,(H,32,38);8-12,16-17,22-23,25,33H,5-7,13-15H2,1-4H3,(H,29,34);5-6H,1-4H2/t25-,26+,28?;22-,23+,25?;/m11./s1. The van der Waals surface area contributed by atoms with Crippen LogP contribution in [0, 0.1) is 25.7 Å². The van der Waals surface area contributed by atoms with E-state index in [2.05, 4.69) is 42.6 Å². The molecule has 8 rings (SSSR count). The van der Waals surface area contributed by atoms with Crippen LogP contribution in [0.5, 0.6) is 0 Å². The number of nitrogens with zero attached hydrogens (tertiary/aromatic N) is 6. The number of nitrogens with one attached hydrogen (secondary N) is 2. The molecule has 22 nitrogen and oxygen atoms in total. The van der Waals surface area contributed by atoms with Crippen molar-refractivity contribution in [3.8, 4) is 20.9 Å². The van der Waals surface area contributed by atoms with Gasteiger partial charge in [-0.25, -0.2) is 9.97 Å². The van der Waals surface area contributed by atoms with E-state index in [0.29, 0.717) is 70.7 Å². The molecule has 4 aromatic heterocycles. The van der Waals surface area contributed by atoms with E-state index in [0.717, 1.165) is 80.5 Å². The fourth-order valence-electron chi connectivity index (χ4n) is 10.3. The first-order chi connectivity index (χ1) is 42.0. The van der Waals surface area contributed by atoms with Crippen LogP contribution in [-0.4, -0.2) is 176 Å². The van der Waals surface area contributed by atoms with E-state index in [1.54, 1.807) is 28.7 Å². The van der Waals surface area contributed by atoms with Crippen LogP contribution in [0.1, 0.15) is 124 Å². The molecule has 2 aromatic carbocycles. The Hall–Kier alpha value is -6.32. The predicted molar refractivity (Wildman–Crippen MR) is 329 cm³/mol. The van der Waals surface area contributed by atoms with Crippen LogP contribution in [0.15, 0.2) is 80.7 Å². The number of ether oxygens (including phenoxy) is 3. The minimum Gasteiger partial charge on any atom is -0.394 e. The highest BCUT2D eigenvalue weighted by molar-refractivity contribution is 7.13. The van der Waals surface area contributed by atoms with Crippen molar-refractivity contribution in [1.29, 1.82) is 0 Å². The van der Waals surface area contributed by atoms with Crippen molar-refractivity contribution in [3.63, 3.8) is 0 Å². The molecule has 6 heterocycles. The summed E-state index contributed by atoms with van der Waals surface area (Å²) < 4.78 is 26.5. The largest absolute Gasteiger partial charge is 0.394 e. The van der Waals surface area contributed by atoms with Gasteiger partial charge in [-0.15, -0.1) is 22.7 Å². The van der Waals surface area contributed by atoms with Crippen molar-refractivity contribution < 1.29 is 68.0 Å². The van der Waals surface area contributed by atoms with Gasteiger partial charge in [0.15, 0.2) is 0 Å². The van der Waals surface area contributed by atoms with Crippen molar-refractivity contribution in [2.45, 2.75) is 143 Å². The third-order valence-corrected chi connectivity index (χ3v) is 16.8. The number of benzene rings is 2. The molecule has 0 aliphatic carbocycles. The van der Waals surface area contributed by atoms with Crippen molar-refractivity contribution in [3.05, 3.63) is 117 Å². The van der Waals surface area contributed by atoms with Gasteiger partial charge in [0.2, 0.25) is 23.6 Å². The quantitative estimate of drug-likeness (QED) is 0.0236.